The highest BCUT2D eigenvalue weighted by molar-refractivity contribution is 5.79. The summed E-state index contributed by atoms with van der Waals surface area (Å²) in [6.45, 7) is 1.07. The number of nitrogens with one attached hydrogen (secondary N) is 1. The van der Waals surface area contributed by atoms with Crippen molar-refractivity contribution >= 4 is 11.9 Å². The Bertz CT molecular complexity index is 344. The molecule has 0 aromatic heterocycles. The zero-order valence-corrected chi connectivity index (χ0v) is 12.0. The molecule has 1 atom stereocenters. The number of carboxylic acids is 1. The second-order valence-electron chi connectivity index (χ2n) is 6.10. The van der Waals surface area contributed by atoms with Gasteiger partial charge in [-0.2, -0.15) is 0 Å². The number of hydrogen-bond acceptors (Lipinski definition) is 3. The Kier molecular flexibility index (Phi) is 5.40. The van der Waals surface area contributed by atoms with Crippen LogP contribution in [0.2, 0.25) is 0 Å². The van der Waals surface area contributed by atoms with Gasteiger partial charge in [0, 0.05) is 19.6 Å². The number of ether oxygens (including phenoxy) is 1. The first-order valence-corrected chi connectivity index (χ1v) is 7.74. The van der Waals surface area contributed by atoms with Crippen molar-refractivity contribution in [2.75, 3.05) is 13.2 Å². The van der Waals surface area contributed by atoms with Crippen LogP contribution in [-0.2, 0) is 14.3 Å². The Morgan fingerprint density at radius 2 is 1.95 bits per heavy atom. The lowest BCUT2D eigenvalue weighted by molar-refractivity contribution is -0.148. The molecule has 1 aliphatic heterocycles. The van der Waals surface area contributed by atoms with Crippen LogP contribution >= 0.6 is 0 Å². The predicted molar refractivity (Wildman–Crippen MR) is 74.4 cm³/mol. The van der Waals surface area contributed by atoms with Crippen molar-refractivity contribution < 1.29 is 19.4 Å². The summed E-state index contributed by atoms with van der Waals surface area (Å²) in [7, 11) is 0. The number of aliphatic carboxylic acids is 1. The Morgan fingerprint density at radius 1 is 1.20 bits per heavy atom. The number of hydrogen-bond donors (Lipinski definition) is 2. The van der Waals surface area contributed by atoms with Gasteiger partial charge in [0.05, 0.1) is 11.5 Å². The van der Waals surface area contributed by atoms with E-state index in [1.807, 2.05) is 0 Å². The molecule has 20 heavy (non-hydrogen) atoms. The molecule has 5 heteroatoms. The van der Waals surface area contributed by atoms with Crippen molar-refractivity contribution in [1.29, 1.82) is 0 Å². The fraction of sp³-hybridized carbons (Fsp3) is 0.867. The molecule has 2 rings (SSSR count). The second kappa shape index (κ2) is 7.07. The summed E-state index contributed by atoms with van der Waals surface area (Å²) in [4.78, 5) is 23.2. The van der Waals surface area contributed by atoms with Gasteiger partial charge in [-0.25, -0.2) is 0 Å². The van der Waals surface area contributed by atoms with E-state index in [0.717, 1.165) is 38.7 Å². The zero-order valence-electron chi connectivity index (χ0n) is 12.0. The van der Waals surface area contributed by atoms with E-state index in [4.69, 9.17) is 4.74 Å². The molecule has 2 aliphatic rings. The Morgan fingerprint density at radius 3 is 2.55 bits per heavy atom. The summed E-state index contributed by atoms with van der Waals surface area (Å²) < 4.78 is 5.59. The fourth-order valence-electron chi connectivity index (χ4n) is 3.20. The number of rotatable bonds is 6. The van der Waals surface area contributed by atoms with Crippen LogP contribution < -0.4 is 5.32 Å². The maximum Gasteiger partial charge on any atom is 0.311 e. The van der Waals surface area contributed by atoms with Crippen LogP contribution in [0.5, 0.6) is 0 Å². The number of carbonyl (C=O) groups excluding carboxylic acids is 1. The third-order valence-electron chi connectivity index (χ3n) is 4.61. The minimum atomic E-state index is -0.772. The molecule has 1 saturated carbocycles. The first-order valence-electron chi connectivity index (χ1n) is 7.74. The van der Waals surface area contributed by atoms with Gasteiger partial charge in [-0.05, 0) is 38.5 Å². The molecule has 5 nitrogen and oxygen atoms in total. The van der Waals surface area contributed by atoms with Crippen molar-refractivity contribution in [3.8, 4) is 0 Å². The lowest BCUT2D eigenvalue weighted by atomic mass is 9.86. The highest BCUT2D eigenvalue weighted by atomic mass is 16.5. The monoisotopic (exact) mass is 283 g/mol. The molecule has 0 radical (unpaired) electrons. The number of carboxylic acid groups (broad SMARTS) is 1. The summed E-state index contributed by atoms with van der Waals surface area (Å²) in [6.07, 6.45) is 7.94. The highest BCUT2D eigenvalue weighted by Crippen LogP contribution is 2.37. The van der Waals surface area contributed by atoms with Gasteiger partial charge in [-0.15, -0.1) is 0 Å². The largest absolute Gasteiger partial charge is 0.481 e. The number of carbonyl (C=O) groups is 2. The normalized spacial score (nSPS) is 25.3. The summed E-state index contributed by atoms with van der Waals surface area (Å²) in [6, 6.07) is 0. The van der Waals surface area contributed by atoms with Crippen LogP contribution in [0.1, 0.15) is 57.8 Å². The molecule has 1 saturated heterocycles. The quantitative estimate of drug-likeness (QED) is 0.782. The molecular weight excluding hydrogens is 258 g/mol. The number of amides is 1. The maximum atomic E-state index is 11.8. The molecule has 1 amide bonds. The van der Waals surface area contributed by atoms with Crippen molar-refractivity contribution in [1.82, 2.24) is 5.32 Å². The van der Waals surface area contributed by atoms with Crippen LogP contribution in [0, 0.1) is 5.41 Å². The smallest absolute Gasteiger partial charge is 0.311 e. The minimum Gasteiger partial charge on any atom is -0.481 e. The first-order chi connectivity index (χ1) is 9.62. The third-order valence-corrected chi connectivity index (χ3v) is 4.61. The molecule has 114 valence electrons. The van der Waals surface area contributed by atoms with Gasteiger partial charge in [0.2, 0.25) is 5.91 Å². The SMILES string of the molecule is O=C(CCC1CCCCO1)NCC1(C(=O)O)CCCC1. The van der Waals surface area contributed by atoms with Gasteiger partial charge in [0.1, 0.15) is 0 Å². The topological polar surface area (TPSA) is 75.6 Å². The molecule has 2 fully saturated rings. The van der Waals surface area contributed by atoms with E-state index in [9.17, 15) is 14.7 Å². The molecule has 2 N–H and O–H groups in total. The Labute approximate surface area is 120 Å². The predicted octanol–water partition coefficient (Wildman–Crippen LogP) is 2.10. The summed E-state index contributed by atoms with van der Waals surface area (Å²) in [5.74, 6) is -0.822. The Balaban J connectivity index is 1.70. The zero-order chi connectivity index (χ0) is 14.4. The van der Waals surface area contributed by atoms with Gasteiger partial charge < -0.3 is 15.2 Å². The van der Waals surface area contributed by atoms with Gasteiger partial charge in [-0.3, -0.25) is 9.59 Å². The van der Waals surface area contributed by atoms with Crippen LogP contribution in [-0.4, -0.2) is 36.2 Å². The van der Waals surface area contributed by atoms with E-state index < -0.39 is 11.4 Å². The van der Waals surface area contributed by atoms with Crippen molar-refractivity contribution in [3.63, 3.8) is 0 Å². The Hall–Kier alpha value is -1.10. The van der Waals surface area contributed by atoms with Crippen molar-refractivity contribution in [2.24, 2.45) is 5.41 Å². The van der Waals surface area contributed by atoms with Gasteiger partial charge in [-0.1, -0.05) is 12.8 Å². The third kappa shape index (κ3) is 3.95. The lowest BCUT2D eigenvalue weighted by Gasteiger charge is -2.25. The van der Waals surface area contributed by atoms with Crippen LogP contribution in [0.3, 0.4) is 0 Å². The molecule has 0 aromatic rings. The fourth-order valence-corrected chi connectivity index (χ4v) is 3.20. The van der Waals surface area contributed by atoms with Crippen molar-refractivity contribution in [2.45, 2.75) is 63.9 Å². The van der Waals surface area contributed by atoms with E-state index in [1.54, 1.807) is 0 Å². The van der Waals surface area contributed by atoms with Crippen molar-refractivity contribution in [3.05, 3.63) is 0 Å². The summed E-state index contributed by atoms with van der Waals surface area (Å²) in [5.41, 5.74) is -0.725. The van der Waals surface area contributed by atoms with Crippen LogP contribution in [0.25, 0.3) is 0 Å². The minimum absolute atomic E-state index is 0.0494. The van der Waals surface area contributed by atoms with Crippen LogP contribution in [0.4, 0.5) is 0 Å². The van der Waals surface area contributed by atoms with Gasteiger partial charge >= 0.3 is 5.97 Å². The van der Waals surface area contributed by atoms with E-state index >= 15 is 0 Å². The standard InChI is InChI=1S/C15H25NO4/c17-13(7-6-12-5-1-4-10-20-12)16-11-15(14(18)19)8-2-3-9-15/h12H,1-11H2,(H,16,17)(H,18,19). The lowest BCUT2D eigenvalue weighted by Crippen LogP contribution is -2.41. The molecule has 0 aromatic carbocycles. The highest BCUT2D eigenvalue weighted by Gasteiger charge is 2.41. The van der Waals surface area contributed by atoms with Gasteiger partial charge in [0.15, 0.2) is 0 Å². The molecule has 1 heterocycles. The molecule has 0 bridgehead atoms. The first kappa shape index (κ1) is 15.3. The molecular formula is C15H25NO4. The average Bonchev–Trinajstić information content (AvgIpc) is 2.94. The molecule has 0 spiro atoms. The molecule has 1 unspecified atom stereocenters. The van der Waals surface area contributed by atoms with E-state index in [-0.39, 0.29) is 18.6 Å². The average molecular weight is 283 g/mol. The second-order valence-corrected chi connectivity index (χ2v) is 6.10. The van der Waals surface area contributed by atoms with E-state index in [0.29, 0.717) is 19.3 Å². The van der Waals surface area contributed by atoms with Gasteiger partial charge in [0.25, 0.3) is 0 Å². The van der Waals surface area contributed by atoms with E-state index in [1.165, 1.54) is 6.42 Å². The molecule has 1 aliphatic carbocycles. The summed E-state index contributed by atoms with van der Waals surface area (Å²) >= 11 is 0. The summed E-state index contributed by atoms with van der Waals surface area (Å²) in [5, 5.41) is 12.2. The maximum absolute atomic E-state index is 11.8. The van der Waals surface area contributed by atoms with E-state index in [2.05, 4.69) is 5.32 Å². The van der Waals surface area contributed by atoms with Crippen LogP contribution in [0.15, 0.2) is 0 Å².